The average molecular weight is 255 g/mol. The quantitative estimate of drug-likeness (QED) is 0.764. The largest absolute Gasteiger partial charge is 0.462 e. The molecule has 3 rings (SSSR count). The molecule has 2 N–H and O–H groups in total. The van der Waals surface area contributed by atoms with Crippen molar-refractivity contribution in [3.8, 4) is 22.6 Å². The number of benzene rings is 1. The first-order valence-corrected chi connectivity index (χ1v) is 5.66. The number of furan rings is 1. The van der Waals surface area contributed by atoms with Crippen LogP contribution in [0.15, 0.2) is 53.3 Å². The SMILES string of the molecule is Nc1nccc(-c2occc2-c2ccc(F)cc2)n1. The van der Waals surface area contributed by atoms with Gasteiger partial charge in [-0.1, -0.05) is 12.1 Å². The number of nitrogens with two attached hydrogens (primary N) is 1. The first-order valence-electron chi connectivity index (χ1n) is 5.66. The zero-order chi connectivity index (χ0) is 13.2. The van der Waals surface area contributed by atoms with Gasteiger partial charge in [-0.05, 0) is 29.8 Å². The number of aromatic nitrogens is 2. The molecule has 0 aliphatic heterocycles. The van der Waals surface area contributed by atoms with Gasteiger partial charge in [-0.25, -0.2) is 14.4 Å². The summed E-state index contributed by atoms with van der Waals surface area (Å²) in [6.45, 7) is 0. The van der Waals surface area contributed by atoms with Gasteiger partial charge in [0.05, 0.1) is 6.26 Å². The molecule has 5 heteroatoms. The van der Waals surface area contributed by atoms with Crippen molar-refractivity contribution in [2.45, 2.75) is 0 Å². The lowest BCUT2D eigenvalue weighted by molar-refractivity contribution is 0.580. The molecule has 4 nitrogen and oxygen atoms in total. The van der Waals surface area contributed by atoms with Gasteiger partial charge in [0.25, 0.3) is 0 Å². The van der Waals surface area contributed by atoms with Crippen molar-refractivity contribution in [1.82, 2.24) is 9.97 Å². The third kappa shape index (κ3) is 2.18. The fourth-order valence-corrected chi connectivity index (χ4v) is 1.86. The second-order valence-electron chi connectivity index (χ2n) is 3.97. The van der Waals surface area contributed by atoms with Crippen molar-refractivity contribution < 1.29 is 8.81 Å². The molecule has 0 saturated heterocycles. The number of halogens is 1. The van der Waals surface area contributed by atoms with Crippen LogP contribution in [0, 0.1) is 5.82 Å². The van der Waals surface area contributed by atoms with E-state index in [1.54, 1.807) is 36.7 Å². The molecule has 0 atom stereocenters. The van der Waals surface area contributed by atoms with Crippen molar-refractivity contribution in [2.75, 3.05) is 5.73 Å². The van der Waals surface area contributed by atoms with E-state index in [1.807, 2.05) is 0 Å². The lowest BCUT2D eigenvalue weighted by Gasteiger charge is -2.03. The highest BCUT2D eigenvalue weighted by atomic mass is 19.1. The molecule has 0 saturated carbocycles. The maximum Gasteiger partial charge on any atom is 0.220 e. The van der Waals surface area contributed by atoms with Gasteiger partial charge in [-0.3, -0.25) is 0 Å². The van der Waals surface area contributed by atoms with Gasteiger partial charge < -0.3 is 10.2 Å². The minimum absolute atomic E-state index is 0.180. The summed E-state index contributed by atoms with van der Waals surface area (Å²) in [6.07, 6.45) is 3.13. The number of nitrogen functional groups attached to an aromatic ring is 1. The number of hydrogen-bond acceptors (Lipinski definition) is 4. The second kappa shape index (κ2) is 4.53. The monoisotopic (exact) mass is 255 g/mol. The van der Waals surface area contributed by atoms with E-state index in [1.165, 1.54) is 12.1 Å². The molecule has 2 aromatic heterocycles. The molecule has 3 aromatic rings. The zero-order valence-corrected chi connectivity index (χ0v) is 9.88. The van der Waals surface area contributed by atoms with Crippen LogP contribution in [-0.2, 0) is 0 Å². The molecule has 94 valence electrons. The normalized spacial score (nSPS) is 10.6. The second-order valence-corrected chi connectivity index (χ2v) is 3.97. The van der Waals surface area contributed by atoms with Crippen molar-refractivity contribution in [3.63, 3.8) is 0 Å². The summed E-state index contributed by atoms with van der Waals surface area (Å²) in [5.41, 5.74) is 7.84. The Morgan fingerprint density at radius 1 is 1.05 bits per heavy atom. The van der Waals surface area contributed by atoms with Gasteiger partial charge in [0.15, 0.2) is 5.76 Å². The predicted molar refractivity (Wildman–Crippen MR) is 69.5 cm³/mol. The van der Waals surface area contributed by atoms with Gasteiger partial charge >= 0.3 is 0 Å². The summed E-state index contributed by atoms with van der Waals surface area (Å²) in [7, 11) is 0. The van der Waals surface area contributed by atoms with E-state index in [0.717, 1.165) is 11.1 Å². The first kappa shape index (κ1) is 11.4. The summed E-state index contributed by atoms with van der Waals surface area (Å²) in [5, 5.41) is 0. The van der Waals surface area contributed by atoms with E-state index in [0.29, 0.717) is 11.5 Å². The maximum atomic E-state index is 12.9. The lowest BCUT2D eigenvalue weighted by Crippen LogP contribution is -1.95. The summed E-state index contributed by atoms with van der Waals surface area (Å²) in [4.78, 5) is 7.96. The molecule has 0 spiro atoms. The van der Waals surface area contributed by atoms with Gasteiger partial charge in [-0.15, -0.1) is 0 Å². The number of rotatable bonds is 2. The summed E-state index contributed by atoms with van der Waals surface area (Å²) >= 11 is 0. The Labute approximate surface area is 108 Å². The Kier molecular flexibility index (Phi) is 2.72. The van der Waals surface area contributed by atoms with Crippen LogP contribution < -0.4 is 5.73 Å². The molecule has 1 aromatic carbocycles. The Bertz CT molecular complexity index is 707. The number of nitrogens with zero attached hydrogens (tertiary/aromatic N) is 2. The van der Waals surface area contributed by atoms with Gasteiger partial charge in [0, 0.05) is 11.8 Å². The highest BCUT2D eigenvalue weighted by Crippen LogP contribution is 2.32. The zero-order valence-electron chi connectivity index (χ0n) is 9.88. The molecular weight excluding hydrogens is 245 g/mol. The molecule has 0 bridgehead atoms. The van der Waals surface area contributed by atoms with Crippen molar-refractivity contribution in [3.05, 3.63) is 54.7 Å². The van der Waals surface area contributed by atoms with Crippen LogP contribution in [0.5, 0.6) is 0 Å². The summed E-state index contributed by atoms with van der Waals surface area (Å²) in [5.74, 6) is 0.486. The summed E-state index contributed by atoms with van der Waals surface area (Å²) in [6, 6.07) is 9.70. The Morgan fingerprint density at radius 3 is 2.58 bits per heavy atom. The maximum absolute atomic E-state index is 12.9. The van der Waals surface area contributed by atoms with E-state index < -0.39 is 0 Å². The summed E-state index contributed by atoms with van der Waals surface area (Å²) < 4.78 is 18.4. The van der Waals surface area contributed by atoms with Crippen LogP contribution in [-0.4, -0.2) is 9.97 Å². The van der Waals surface area contributed by atoms with Crippen LogP contribution in [0.1, 0.15) is 0 Å². The lowest BCUT2D eigenvalue weighted by atomic mass is 10.1. The smallest absolute Gasteiger partial charge is 0.220 e. The molecule has 0 fully saturated rings. The van der Waals surface area contributed by atoms with E-state index in [2.05, 4.69) is 9.97 Å². The highest BCUT2D eigenvalue weighted by molar-refractivity contribution is 5.78. The van der Waals surface area contributed by atoms with Crippen LogP contribution in [0.2, 0.25) is 0 Å². The third-order valence-corrected chi connectivity index (χ3v) is 2.73. The topological polar surface area (TPSA) is 64.9 Å². The molecular formula is C14H10FN3O. The van der Waals surface area contributed by atoms with Crippen LogP contribution in [0.3, 0.4) is 0 Å². The van der Waals surface area contributed by atoms with Crippen LogP contribution in [0.4, 0.5) is 10.3 Å². The van der Waals surface area contributed by atoms with Gasteiger partial charge in [-0.2, -0.15) is 0 Å². The molecule has 0 aliphatic rings. The number of anilines is 1. The molecule has 0 aliphatic carbocycles. The average Bonchev–Trinajstić information content (AvgIpc) is 2.89. The Hall–Kier alpha value is -2.69. The Balaban J connectivity index is 2.10. The Morgan fingerprint density at radius 2 is 1.84 bits per heavy atom. The minimum Gasteiger partial charge on any atom is -0.462 e. The van der Waals surface area contributed by atoms with Gasteiger partial charge in [0.2, 0.25) is 5.95 Å². The highest BCUT2D eigenvalue weighted by Gasteiger charge is 2.12. The minimum atomic E-state index is -0.278. The fourth-order valence-electron chi connectivity index (χ4n) is 1.86. The fraction of sp³-hybridized carbons (Fsp3) is 0. The standard InChI is InChI=1S/C14H10FN3O/c15-10-3-1-9(2-4-10)11-6-8-19-13(11)12-5-7-17-14(16)18-12/h1-8H,(H2,16,17,18). The molecule has 19 heavy (non-hydrogen) atoms. The molecule has 2 heterocycles. The molecule has 0 radical (unpaired) electrons. The van der Waals surface area contributed by atoms with E-state index in [9.17, 15) is 4.39 Å². The van der Waals surface area contributed by atoms with Crippen LogP contribution >= 0.6 is 0 Å². The predicted octanol–water partition coefficient (Wildman–Crippen LogP) is 3.12. The van der Waals surface area contributed by atoms with E-state index in [-0.39, 0.29) is 11.8 Å². The van der Waals surface area contributed by atoms with Gasteiger partial charge in [0.1, 0.15) is 11.5 Å². The molecule has 0 amide bonds. The van der Waals surface area contributed by atoms with Crippen molar-refractivity contribution in [1.29, 1.82) is 0 Å². The van der Waals surface area contributed by atoms with E-state index >= 15 is 0 Å². The van der Waals surface area contributed by atoms with Crippen molar-refractivity contribution in [2.24, 2.45) is 0 Å². The van der Waals surface area contributed by atoms with Crippen LogP contribution in [0.25, 0.3) is 22.6 Å². The van der Waals surface area contributed by atoms with Crippen molar-refractivity contribution >= 4 is 5.95 Å². The third-order valence-electron chi connectivity index (χ3n) is 2.73. The first-order chi connectivity index (χ1) is 9.24. The van der Waals surface area contributed by atoms with E-state index in [4.69, 9.17) is 10.2 Å². The number of hydrogen-bond donors (Lipinski definition) is 1. The molecule has 0 unspecified atom stereocenters.